The fourth-order valence-electron chi connectivity index (χ4n) is 6.95. The van der Waals surface area contributed by atoms with Crippen molar-refractivity contribution >= 4 is 29.2 Å². The zero-order valence-electron chi connectivity index (χ0n) is 20.5. The van der Waals surface area contributed by atoms with Crippen LogP contribution in [0.5, 0.6) is 11.5 Å². The molecule has 4 fully saturated rings. The third kappa shape index (κ3) is 5.18. The van der Waals surface area contributed by atoms with Gasteiger partial charge in [0.25, 0.3) is 0 Å². The van der Waals surface area contributed by atoms with E-state index in [4.69, 9.17) is 21.1 Å². The molecular weight excluding hydrogens is 460 g/mol. The highest BCUT2D eigenvalue weighted by atomic mass is 35.5. The van der Waals surface area contributed by atoms with E-state index in [1.807, 2.05) is 25.1 Å². The first kappa shape index (κ1) is 24.1. The van der Waals surface area contributed by atoms with Gasteiger partial charge in [0, 0.05) is 16.0 Å². The summed E-state index contributed by atoms with van der Waals surface area (Å²) in [7, 11) is 0. The Hall–Kier alpha value is -2.59. The molecule has 5 heteroatoms. The van der Waals surface area contributed by atoms with E-state index in [9.17, 15) is 9.59 Å². The van der Waals surface area contributed by atoms with Gasteiger partial charge in [-0.3, -0.25) is 9.59 Å². The van der Waals surface area contributed by atoms with Crippen LogP contribution in [0, 0.1) is 23.2 Å². The number of carbonyl (C=O) groups is 2. The number of hydrogen-bond acceptors (Lipinski definition) is 4. The first-order chi connectivity index (χ1) is 16.8. The number of ether oxygens (including phenoxy) is 2. The summed E-state index contributed by atoms with van der Waals surface area (Å²) in [6.45, 7) is 4.59. The van der Waals surface area contributed by atoms with Gasteiger partial charge in [-0.15, -0.1) is 0 Å². The van der Waals surface area contributed by atoms with Crippen molar-refractivity contribution in [3.8, 4) is 11.5 Å². The van der Waals surface area contributed by atoms with Crippen LogP contribution in [-0.4, -0.2) is 24.8 Å². The zero-order valence-corrected chi connectivity index (χ0v) is 21.3. The molecule has 6 rings (SSSR count). The molecule has 4 nitrogen and oxygen atoms in total. The van der Waals surface area contributed by atoms with E-state index in [1.165, 1.54) is 45.4 Å². The van der Waals surface area contributed by atoms with E-state index in [0.29, 0.717) is 28.4 Å². The number of benzene rings is 2. The molecule has 4 bridgehead atoms. The average molecular weight is 493 g/mol. The normalized spacial score (nSPS) is 27.1. The molecule has 0 unspecified atom stereocenters. The van der Waals surface area contributed by atoms with E-state index < -0.39 is 0 Å². The van der Waals surface area contributed by atoms with Crippen molar-refractivity contribution in [2.75, 3.05) is 13.2 Å². The molecular formula is C30H33ClO4. The van der Waals surface area contributed by atoms with Gasteiger partial charge in [0.05, 0.1) is 18.8 Å². The number of Topliss-reactive ketones (excluding diaryl/α,β-unsaturated/α-hetero) is 2. The van der Waals surface area contributed by atoms with Crippen LogP contribution in [0.3, 0.4) is 0 Å². The van der Waals surface area contributed by atoms with E-state index in [2.05, 4.69) is 0 Å². The summed E-state index contributed by atoms with van der Waals surface area (Å²) in [6.07, 6.45) is 9.74. The molecule has 0 atom stereocenters. The summed E-state index contributed by atoms with van der Waals surface area (Å²) in [6, 6.07) is 12.2. The molecule has 184 valence electrons. The topological polar surface area (TPSA) is 52.6 Å². The van der Waals surface area contributed by atoms with Crippen LogP contribution in [0.1, 0.15) is 68.3 Å². The lowest BCUT2D eigenvalue weighted by molar-refractivity contribution is -0.113. The second-order valence-corrected chi connectivity index (χ2v) is 11.2. The molecule has 4 saturated carbocycles. The maximum atomic E-state index is 13.0. The Bertz CT molecular complexity index is 1110. The van der Waals surface area contributed by atoms with Gasteiger partial charge >= 0.3 is 0 Å². The molecule has 0 spiro atoms. The van der Waals surface area contributed by atoms with Crippen LogP contribution < -0.4 is 9.47 Å². The number of carbonyl (C=O) groups excluding carboxylic acids is 2. The van der Waals surface area contributed by atoms with E-state index in [0.717, 1.165) is 35.7 Å². The first-order valence-electron chi connectivity index (χ1n) is 12.8. The largest absolute Gasteiger partial charge is 0.490 e. The second-order valence-electron chi connectivity index (χ2n) is 10.8. The minimum absolute atomic E-state index is 0.122. The third-order valence-corrected chi connectivity index (χ3v) is 8.26. The Morgan fingerprint density at radius 1 is 0.943 bits per heavy atom. The number of ketones is 2. The summed E-state index contributed by atoms with van der Waals surface area (Å²) in [5, 5.41) is 0.542. The molecule has 0 aliphatic heterocycles. The van der Waals surface area contributed by atoms with Crippen LogP contribution >= 0.6 is 11.6 Å². The van der Waals surface area contributed by atoms with Gasteiger partial charge in [-0.1, -0.05) is 17.7 Å². The van der Waals surface area contributed by atoms with Crippen molar-refractivity contribution < 1.29 is 19.1 Å². The number of halogens is 1. The van der Waals surface area contributed by atoms with Crippen molar-refractivity contribution in [1.82, 2.24) is 0 Å². The number of allylic oxidation sites excluding steroid dienone is 1. The van der Waals surface area contributed by atoms with Gasteiger partial charge in [0.2, 0.25) is 0 Å². The molecule has 0 radical (unpaired) electrons. The van der Waals surface area contributed by atoms with E-state index >= 15 is 0 Å². The fourth-order valence-corrected chi connectivity index (χ4v) is 7.08. The molecule has 0 saturated heterocycles. The first-order valence-corrected chi connectivity index (χ1v) is 13.1. The van der Waals surface area contributed by atoms with Crippen LogP contribution in [0.25, 0.3) is 6.08 Å². The fraction of sp³-hybridized carbons (Fsp3) is 0.467. The standard InChI is InChI=1S/C30H33ClO4/c1-3-34-28-14-20(13-26(19(2)32)29(33)24-5-7-25(31)8-6-24)4-9-27(28)35-18-30-15-21-10-22(16-30)12-23(11-21)17-30/h4-9,13-14,21-23H,3,10-12,15-18H2,1-2H3/b26-13+. The molecule has 0 aromatic heterocycles. The number of hydrogen-bond donors (Lipinski definition) is 0. The van der Waals surface area contributed by atoms with Crippen molar-refractivity contribution in [3.05, 3.63) is 64.2 Å². The molecule has 4 aliphatic rings. The maximum Gasteiger partial charge on any atom is 0.196 e. The van der Waals surface area contributed by atoms with Gasteiger partial charge in [0.15, 0.2) is 23.1 Å². The predicted octanol–water partition coefficient (Wildman–Crippen LogP) is 7.19. The Kier molecular flexibility index (Phi) is 6.76. The molecule has 2 aromatic rings. The maximum absolute atomic E-state index is 13.0. The minimum Gasteiger partial charge on any atom is -0.490 e. The zero-order chi connectivity index (χ0) is 24.6. The van der Waals surface area contributed by atoms with Crippen molar-refractivity contribution in [1.29, 1.82) is 0 Å². The third-order valence-electron chi connectivity index (χ3n) is 8.01. The summed E-state index contributed by atoms with van der Waals surface area (Å²) in [5.41, 5.74) is 1.58. The molecule has 2 aromatic carbocycles. The highest BCUT2D eigenvalue weighted by Crippen LogP contribution is 2.60. The summed E-state index contributed by atoms with van der Waals surface area (Å²) in [5.74, 6) is 3.41. The lowest BCUT2D eigenvalue weighted by atomic mass is 9.50. The van der Waals surface area contributed by atoms with Crippen LogP contribution in [0.4, 0.5) is 0 Å². The second kappa shape index (κ2) is 9.81. The van der Waals surface area contributed by atoms with Gasteiger partial charge in [-0.25, -0.2) is 0 Å². The van der Waals surface area contributed by atoms with Crippen molar-refractivity contribution in [2.45, 2.75) is 52.4 Å². The Morgan fingerprint density at radius 3 is 2.14 bits per heavy atom. The molecule has 35 heavy (non-hydrogen) atoms. The molecule has 4 aliphatic carbocycles. The molecule has 0 heterocycles. The average Bonchev–Trinajstić information content (AvgIpc) is 2.81. The minimum atomic E-state index is -0.325. The molecule has 0 amide bonds. The lowest BCUT2D eigenvalue weighted by Crippen LogP contribution is -2.48. The quantitative estimate of drug-likeness (QED) is 0.161. The van der Waals surface area contributed by atoms with E-state index in [1.54, 1.807) is 30.3 Å². The predicted molar refractivity (Wildman–Crippen MR) is 138 cm³/mol. The van der Waals surface area contributed by atoms with Crippen LogP contribution in [0.2, 0.25) is 5.02 Å². The van der Waals surface area contributed by atoms with E-state index in [-0.39, 0.29) is 17.1 Å². The summed E-state index contributed by atoms with van der Waals surface area (Å²) in [4.78, 5) is 25.3. The smallest absolute Gasteiger partial charge is 0.196 e. The van der Waals surface area contributed by atoms with Gasteiger partial charge < -0.3 is 9.47 Å². The van der Waals surface area contributed by atoms with Crippen molar-refractivity contribution in [3.63, 3.8) is 0 Å². The van der Waals surface area contributed by atoms with Gasteiger partial charge in [0.1, 0.15) is 0 Å². The summed E-state index contributed by atoms with van der Waals surface area (Å²) < 4.78 is 12.3. The Labute approximate surface area is 212 Å². The monoisotopic (exact) mass is 492 g/mol. The van der Waals surface area contributed by atoms with Gasteiger partial charge in [-0.2, -0.15) is 0 Å². The number of rotatable bonds is 9. The summed E-state index contributed by atoms with van der Waals surface area (Å²) >= 11 is 5.94. The Morgan fingerprint density at radius 2 is 1.57 bits per heavy atom. The highest BCUT2D eigenvalue weighted by molar-refractivity contribution is 6.31. The van der Waals surface area contributed by atoms with Crippen molar-refractivity contribution in [2.24, 2.45) is 23.2 Å². The van der Waals surface area contributed by atoms with Crippen LogP contribution in [-0.2, 0) is 4.79 Å². The molecule has 0 N–H and O–H groups in total. The van der Waals surface area contributed by atoms with Crippen LogP contribution in [0.15, 0.2) is 48.0 Å². The Balaban J connectivity index is 1.36. The lowest BCUT2D eigenvalue weighted by Gasteiger charge is -2.56. The SMILES string of the molecule is CCOc1cc(/C=C(\C(C)=O)C(=O)c2ccc(Cl)cc2)ccc1OCC12CC3CC(CC(C3)C1)C2. The highest BCUT2D eigenvalue weighted by Gasteiger charge is 2.51. The van der Waals surface area contributed by atoms with Gasteiger partial charge in [-0.05, 0) is 118 Å².